The molecule has 18 heavy (non-hydrogen) atoms. The highest BCUT2D eigenvalue weighted by Crippen LogP contribution is 2.32. The zero-order valence-corrected chi connectivity index (χ0v) is 11.0. The van der Waals surface area contributed by atoms with Crippen LogP contribution in [0.3, 0.4) is 0 Å². The van der Waals surface area contributed by atoms with E-state index >= 15 is 0 Å². The third-order valence-corrected chi connectivity index (χ3v) is 2.26. The minimum absolute atomic E-state index is 0.0422. The molecule has 1 rings (SSSR count). The highest BCUT2D eigenvalue weighted by molar-refractivity contribution is 5.49. The Labute approximate surface area is 105 Å². The number of nitrogen functional groups attached to an aromatic ring is 1. The largest absolute Gasteiger partial charge is 0.416 e. The van der Waals surface area contributed by atoms with Crippen LogP contribution in [0.15, 0.2) is 12.1 Å². The molecule has 3 nitrogen and oxygen atoms in total. The zero-order valence-electron chi connectivity index (χ0n) is 11.0. The van der Waals surface area contributed by atoms with E-state index in [0.29, 0.717) is 6.54 Å². The van der Waals surface area contributed by atoms with Gasteiger partial charge in [0.25, 0.3) is 0 Å². The van der Waals surface area contributed by atoms with Crippen molar-refractivity contribution in [3.8, 4) is 0 Å². The van der Waals surface area contributed by atoms with E-state index in [-0.39, 0.29) is 17.1 Å². The molecule has 0 amide bonds. The zero-order chi connectivity index (χ0) is 14.1. The van der Waals surface area contributed by atoms with E-state index in [2.05, 4.69) is 4.98 Å². The third-order valence-electron chi connectivity index (χ3n) is 2.26. The van der Waals surface area contributed by atoms with Gasteiger partial charge in [-0.15, -0.1) is 0 Å². The minimum Gasteiger partial charge on any atom is -0.384 e. The summed E-state index contributed by atoms with van der Waals surface area (Å²) >= 11 is 0. The van der Waals surface area contributed by atoms with Crippen LogP contribution in [0, 0.1) is 5.41 Å². The van der Waals surface area contributed by atoms with Crippen molar-refractivity contribution in [3.63, 3.8) is 0 Å². The fourth-order valence-electron chi connectivity index (χ4n) is 1.69. The molecule has 0 spiro atoms. The van der Waals surface area contributed by atoms with E-state index in [1.807, 2.05) is 20.8 Å². The molecule has 0 radical (unpaired) electrons. The Morgan fingerprint density at radius 2 is 1.78 bits per heavy atom. The van der Waals surface area contributed by atoms with Crippen molar-refractivity contribution in [1.82, 2.24) is 4.98 Å². The van der Waals surface area contributed by atoms with Crippen molar-refractivity contribution >= 4 is 11.6 Å². The monoisotopic (exact) mass is 261 g/mol. The Morgan fingerprint density at radius 3 is 2.22 bits per heavy atom. The van der Waals surface area contributed by atoms with E-state index < -0.39 is 11.7 Å². The summed E-state index contributed by atoms with van der Waals surface area (Å²) in [4.78, 5) is 5.61. The molecule has 1 heterocycles. The summed E-state index contributed by atoms with van der Waals surface area (Å²) in [5.74, 6) is 0.109. The molecule has 1 aromatic heterocycles. The van der Waals surface area contributed by atoms with Gasteiger partial charge >= 0.3 is 6.18 Å². The molecule has 0 aromatic carbocycles. The van der Waals surface area contributed by atoms with Crippen LogP contribution >= 0.6 is 0 Å². The molecule has 0 aliphatic rings. The van der Waals surface area contributed by atoms with Crippen LogP contribution < -0.4 is 10.6 Å². The van der Waals surface area contributed by atoms with Crippen molar-refractivity contribution in [2.24, 2.45) is 5.41 Å². The minimum atomic E-state index is -4.41. The maximum absolute atomic E-state index is 12.6. The third kappa shape index (κ3) is 4.09. The van der Waals surface area contributed by atoms with Crippen LogP contribution in [0.4, 0.5) is 24.8 Å². The number of alkyl halides is 3. The standard InChI is InChI=1S/C12H18F3N3/c1-11(2,3)7-18(4)10-6-8(12(13,14)15)5-9(16)17-10/h5-6H,7H2,1-4H3,(H2,16,17). The number of hydrogen-bond donors (Lipinski definition) is 1. The Bertz CT molecular complexity index is 422. The Hall–Kier alpha value is -1.46. The van der Waals surface area contributed by atoms with Gasteiger partial charge in [0, 0.05) is 13.6 Å². The van der Waals surface area contributed by atoms with Gasteiger partial charge in [0.1, 0.15) is 11.6 Å². The predicted octanol–water partition coefficient (Wildman–Crippen LogP) is 3.16. The first-order valence-corrected chi connectivity index (χ1v) is 5.55. The SMILES string of the molecule is CN(CC(C)(C)C)c1cc(C(F)(F)F)cc(N)n1. The topological polar surface area (TPSA) is 42.1 Å². The smallest absolute Gasteiger partial charge is 0.384 e. The summed E-state index contributed by atoms with van der Waals surface area (Å²) in [6, 6.07) is 1.86. The first-order chi connectivity index (χ1) is 7.99. The highest BCUT2D eigenvalue weighted by atomic mass is 19.4. The molecule has 2 N–H and O–H groups in total. The lowest BCUT2D eigenvalue weighted by molar-refractivity contribution is -0.137. The molecule has 0 fully saturated rings. The van der Waals surface area contributed by atoms with Gasteiger partial charge in [-0.2, -0.15) is 13.2 Å². The summed E-state index contributed by atoms with van der Waals surface area (Å²) in [7, 11) is 1.70. The molecular formula is C12H18F3N3. The number of pyridine rings is 1. The fourth-order valence-corrected chi connectivity index (χ4v) is 1.69. The van der Waals surface area contributed by atoms with Gasteiger partial charge in [-0.05, 0) is 17.5 Å². The second kappa shape index (κ2) is 4.66. The van der Waals surface area contributed by atoms with Gasteiger partial charge in [0.05, 0.1) is 5.56 Å². The molecule has 0 unspecified atom stereocenters. The Kier molecular flexibility index (Phi) is 3.78. The Morgan fingerprint density at radius 1 is 1.22 bits per heavy atom. The van der Waals surface area contributed by atoms with E-state index in [0.717, 1.165) is 12.1 Å². The number of aromatic nitrogens is 1. The molecule has 0 aliphatic carbocycles. The van der Waals surface area contributed by atoms with Crippen LogP contribution in [0.1, 0.15) is 26.3 Å². The first kappa shape index (κ1) is 14.6. The first-order valence-electron chi connectivity index (χ1n) is 5.55. The lowest BCUT2D eigenvalue weighted by atomic mass is 9.96. The second-order valence-corrected chi connectivity index (χ2v) is 5.55. The van der Waals surface area contributed by atoms with E-state index in [1.54, 1.807) is 11.9 Å². The van der Waals surface area contributed by atoms with Crippen molar-refractivity contribution in [3.05, 3.63) is 17.7 Å². The predicted molar refractivity (Wildman–Crippen MR) is 66.4 cm³/mol. The normalized spacial score (nSPS) is 12.6. The number of anilines is 2. The maximum atomic E-state index is 12.6. The number of halogens is 3. The van der Waals surface area contributed by atoms with Crippen molar-refractivity contribution in [2.45, 2.75) is 26.9 Å². The van der Waals surface area contributed by atoms with Gasteiger partial charge in [-0.3, -0.25) is 0 Å². The molecule has 0 bridgehead atoms. The summed E-state index contributed by atoms with van der Waals surface area (Å²) in [6.07, 6.45) is -4.41. The number of rotatable bonds is 2. The molecule has 0 atom stereocenters. The molecular weight excluding hydrogens is 243 g/mol. The van der Waals surface area contributed by atoms with Gasteiger partial charge in [-0.1, -0.05) is 20.8 Å². The van der Waals surface area contributed by atoms with Crippen LogP contribution in [0.25, 0.3) is 0 Å². The van der Waals surface area contributed by atoms with Crippen LogP contribution in [-0.4, -0.2) is 18.6 Å². The second-order valence-electron chi connectivity index (χ2n) is 5.55. The van der Waals surface area contributed by atoms with E-state index in [9.17, 15) is 13.2 Å². The van der Waals surface area contributed by atoms with Gasteiger partial charge in [0.2, 0.25) is 0 Å². The van der Waals surface area contributed by atoms with Crippen molar-refractivity contribution < 1.29 is 13.2 Å². The average Bonchev–Trinajstić information content (AvgIpc) is 2.12. The van der Waals surface area contributed by atoms with E-state index in [4.69, 9.17) is 5.73 Å². The molecule has 0 saturated heterocycles. The lowest BCUT2D eigenvalue weighted by Crippen LogP contribution is -2.30. The molecule has 6 heteroatoms. The fraction of sp³-hybridized carbons (Fsp3) is 0.583. The lowest BCUT2D eigenvalue weighted by Gasteiger charge is -2.28. The van der Waals surface area contributed by atoms with Crippen LogP contribution in [0.2, 0.25) is 0 Å². The summed E-state index contributed by atoms with van der Waals surface area (Å²) < 4.78 is 37.9. The number of nitrogens with two attached hydrogens (primary N) is 1. The van der Waals surface area contributed by atoms with E-state index in [1.165, 1.54) is 0 Å². The van der Waals surface area contributed by atoms with Gasteiger partial charge in [0.15, 0.2) is 0 Å². The quantitative estimate of drug-likeness (QED) is 0.889. The maximum Gasteiger partial charge on any atom is 0.416 e. The molecule has 0 saturated carbocycles. The van der Waals surface area contributed by atoms with Crippen molar-refractivity contribution in [2.75, 3.05) is 24.2 Å². The Balaban J connectivity index is 3.07. The number of hydrogen-bond acceptors (Lipinski definition) is 3. The number of nitrogens with zero attached hydrogens (tertiary/aromatic N) is 2. The summed E-state index contributed by atoms with van der Waals surface area (Å²) in [5, 5.41) is 0. The summed E-state index contributed by atoms with van der Waals surface area (Å²) in [5.41, 5.74) is 4.61. The van der Waals surface area contributed by atoms with Crippen LogP contribution in [-0.2, 0) is 6.18 Å². The van der Waals surface area contributed by atoms with Crippen LogP contribution in [0.5, 0.6) is 0 Å². The van der Waals surface area contributed by atoms with Gasteiger partial charge in [-0.25, -0.2) is 4.98 Å². The highest BCUT2D eigenvalue weighted by Gasteiger charge is 2.32. The molecule has 0 aliphatic heterocycles. The molecule has 102 valence electrons. The molecule has 1 aromatic rings. The van der Waals surface area contributed by atoms with Gasteiger partial charge < -0.3 is 10.6 Å². The van der Waals surface area contributed by atoms with Crippen molar-refractivity contribution in [1.29, 1.82) is 0 Å². The average molecular weight is 261 g/mol. The summed E-state index contributed by atoms with van der Waals surface area (Å²) in [6.45, 7) is 6.59.